The molecule has 18 heavy (non-hydrogen) atoms. The summed E-state index contributed by atoms with van der Waals surface area (Å²) in [6.45, 7) is 2.59. The maximum Gasteiger partial charge on any atom is 0.273 e. The predicted molar refractivity (Wildman–Crippen MR) is 67.4 cm³/mol. The summed E-state index contributed by atoms with van der Waals surface area (Å²) in [7, 11) is 0. The van der Waals surface area contributed by atoms with E-state index in [-0.39, 0.29) is 11.6 Å². The van der Waals surface area contributed by atoms with Gasteiger partial charge in [-0.05, 0) is 18.6 Å². The number of amides is 1. The van der Waals surface area contributed by atoms with Crippen molar-refractivity contribution in [3.05, 3.63) is 35.4 Å². The molecule has 2 heterocycles. The number of carbonyl (C=O) groups is 1. The Labute approximate surface area is 109 Å². The van der Waals surface area contributed by atoms with Gasteiger partial charge in [-0.2, -0.15) is 0 Å². The van der Waals surface area contributed by atoms with E-state index >= 15 is 0 Å². The fourth-order valence-corrected chi connectivity index (χ4v) is 1.55. The SMILES string of the molecule is CCCNC(=O)c1coc(-c2ccnc(Cl)c2)n1. The topological polar surface area (TPSA) is 68.0 Å². The molecule has 1 amide bonds. The average molecular weight is 266 g/mol. The minimum atomic E-state index is -0.244. The number of nitrogens with zero attached hydrogens (tertiary/aromatic N) is 2. The van der Waals surface area contributed by atoms with E-state index in [0.717, 1.165) is 6.42 Å². The van der Waals surface area contributed by atoms with E-state index in [1.165, 1.54) is 6.26 Å². The van der Waals surface area contributed by atoms with Crippen molar-refractivity contribution in [3.63, 3.8) is 0 Å². The van der Waals surface area contributed by atoms with Gasteiger partial charge in [-0.3, -0.25) is 4.79 Å². The molecule has 0 radical (unpaired) electrons. The number of nitrogens with one attached hydrogen (secondary N) is 1. The second-order valence-corrected chi connectivity index (χ2v) is 4.05. The molecule has 2 aromatic rings. The first-order valence-corrected chi connectivity index (χ1v) is 5.94. The number of pyridine rings is 1. The van der Waals surface area contributed by atoms with Gasteiger partial charge in [0.15, 0.2) is 5.69 Å². The van der Waals surface area contributed by atoms with Gasteiger partial charge in [0.1, 0.15) is 11.4 Å². The summed E-state index contributed by atoms with van der Waals surface area (Å²) >= 11 is 5.77. The summed E-state index contributed by atoms with van der Waals surface area (Å²) in [5, 5.41) is 3.07. The van der Waals surface area contributed by atoms with E-state index in [1.54, 1.807) is 18.3 Å². The quantitative estimate of drug-likeness (QED) is 0.863. The third-order valence-electron chi connectivity index (χ3n) is 2.25. The molecule has 0 unspecified atom stereocenters. The summed E-state index contributed by atoms with van der Waals surface area (Å²) in [6.07, 6.45) is 3.75. The summed E-state index contributed by atoms with van der Waals surface area (Å²) in [5.41, 5.74) is 0.941. The van der Waals surface area contributed by atoms with Gasteiger partial charge >= 0.3 is 0 Å². The maximum absolute atomic E-state index is 11.6. The van der Waals surface area contributed by atoms with E-state index < -0.39 is 0 Å². The second-order valence-electron chi connectivity index (χ2n) is 3.66. The van der Waals surface area contributed by atoms with E-state index in [0.29, 0.717) is 23.2 Å². The Morgan fingerprint density at radius 2 is 2.39 bits per heavy atom. The molecule has 0 aromatic carbocycles. The lowest BCUT2D eigenvalue weighted by atomic mass is 10.3. The molecule has 6 heteroatoms. The van der Waals surface area contributed by atoms with Crippen molar-refractivity contribution in [2.75, 3.05) is 6.54 Å². The smallest absolute Gasteiger partial charge is 0.273 e. The van der Waals surface area contributed by atoms with Gasteiger partial charge in [-0.25, -0.2) is 9.97 Å². The molecule has 0 aliphatic rings. The van der Waals surface area contributed by atoms with Crippen molar-refractivity contribution in [1.82, 2.24) is 15.3 Å². The Balaban J connectivity index is 2.17. The highest BCUT2D eigenvalue weighted by atomic mass is 35.5. The highest BCUT2D eigenvalue weighted by Crippen LogP contribution is 2.20. The van der Waals surface area contributed by atoms with Crippen LogP contribution in [0.2, 0.25) is 5.15 Å². The van der Waals surface area contributed by atoms with Crippen LogP contribution in [0, 0.1) is 0 Å². The van der Waals surface area contributed by atoms with E-state index in [4.69, 9.17) is 16.0 Å². The van der Waals surface area contributed by atoms with Crippen LogP contribution in [0.4, 0.5) is 0 Å². The maximum atomic E-state index is 11.6. The van der Waals surface area contributed by atoms with Gasteiger partial charge in [0.05, 0.1) is 0 Å². The van der Waals surface area contributed by atoms with Crippen LogP contribution >= 0.6 is 11.6 Å². The second kappa shape index (κ2) is 5.64. The van der Waals surface area contributed by atoms with Crippen molar-refractivity contribution in [2.45, 2.75) is 13.3 Å². The lowest BCUT2D eigenvalue weighted by Crippen LogP contribution is -2.24. The van der Waals surface area contributed by atoms with Gasteiger partial charge in [-0.15, -0.1) is 0 Å². The van der Waals surface area contributed by atoms with Crippen molar-refractivity contribution in [3.8, 4) is 11.5 Å². The van der Waals surface area contributed by atoms with Gasteiger partial charge < -0.3 is 9.73 Å². The third-order valence-corrected chi connectivity index (χ3v) is 2.45. The fourth-order valence-electron chi connectivity index (χ4n) is 1.38. The van der Waals surface area contributed by atoms with Crippen LogP contribution in [-0.4, -0.2) is 22.4 Å². The number of halogens is 1. The molecule has 0 fully saturated rings. The average Bonchev–Trinajstić information content (AvgIpc) is 2.85. The number of rotatable bonds is 4. The van der Waals surface area contributed by atoms with Crippen LogP contribution in [0.1, 0.15) is 23.8 Å². The van der Waals surface area contributed by atoms with Gasteiger partial charge in [0.2, 0.25) is 5.89 Å². The number of hydrogen-bond acceptors (Lipinski definition) is 4. The molecule has 2 aromatic heterocycles. The zero-order valence-corrected chi connectivity index (χ0v) is 10.6. The van der Waals surface area contributed by atoms with Crippen LogP contribution in [-0.2, 0) is 0 Å². The Hall–Kier alpha value is -1.88. The molecule has 0 aliphatic heterocycles. The molecule has 0 spiro atoms. The molecule has 2 rings (SSSR count). The summed E-state index contributed by atoms with van der Waals surface area (Å²) in [4.78, 5) is 19.6. The lowest BCUT2D eigenvalue weighted by molar-refractivity contribution is 0.0948. The lowest BCUT2D eigenvalue weighted by Gasteiger charge is -1.98. The van der Waals surface area contributed by atoms with Crippen molar-refractivity contribution in [1.29, 1.82) is 0 Å². The zero-order valence-electron chi connectivity index (χ0n) is 9.81. The Kier molecular flexibility index (Phi) is 3.94. The van der Waals surface area contributed by atoms with Crippen molar-refractivity contribution in [2.24, 2.45) is 0 Å². The van der Waals surface area contributed by atoms with Crippen LogP contribution in [0.25, 0.3) is 11.5 Å². The Bertz CT molecular complexity index is 554. The minimum Gasteiger partial charge on any atom is -0.444 e. The number of carbonyl (C=O) groups excluding carboxylic acids is 1. The van der Waals surface area contributed by atoms with E-state index in [2.05, 4.69) is 15.3 Å². The first kappa shape index (κ1) is 12.6. The molecule has 0 saturated carbocycles. The van der Waals surface area contributed by atoms with Crippen LogP contribution < -0.4 is 5.32 Å². The van der Waals surface area contributed by atoms with E-state index in [1.807, 2.05) is 6.92 Å². The Morgan fingerprint density at radius 3 is 3.11 bits per heavy atom. The normalized spacial score (nSPS) is 10.3. The first-order chi connectivity index (χ1) is 8.70. The summed E-state index contributed by atoms with van der Waals surface area (Å²) in [6, 6.07) is 3.34. The van der Waals surface area contributed by atoms with Gasteiger partial charge in [0, 0.05) is 18.3 Å². The third kappa shape index (κ3) is 2.87. The predicted octanol–water partition coefficient (Wildman–Crippen LogP) is 2.53. The number of hydrogen-bond donors (Lipinski definition) is 1. The van der Waals surface area contributed by atoms with Gasteiger partial charge in [-0.1, -0.05) is 18.5 Å². The molecule has 5 nitrogen and oxygen atoms in total. The first-order valence-electron chi connectivity index (χ1n) is 5.56. The van der Waals surface area contributed by atoms with Gasteiger partial charge in [0.25, 0.3) is 5.91 Å². The molecule has 1 N–H and O–H groups in total. The van der Waals surface area contributed by atoms with Crippen LogP contribution in [0.3, 0.4) is 0 Å². The fraction of sp³-hybridized carbons (Fsp3) is 0.250. The summed E-state index contributed by atoms with van der Waals surface area (Å²) in [5.74, 6) is 0.105. The monoisotopic (exact) mass is 265 g/mol. The molecule has 0 aliphatic carbocycles. The number of aromatic nitrogens is 2. The number of oxazole rings is 1. The Morgan fingerprint density at radius 1 is 1.56 bits per heavy atom. The van der Waals surface area contributed by atoms with Crippen LogP contribution in [0.5, 0.6) is 0 Å². The van der Waals surface area contributed by atoms with Crippen molar-refractivity contribution < 1.29 is 9.21 Å². The van der Waals surface area contributed by atoms with Crippen LogP contribution in [0.15, 0.2) is 29.0 Å². The molecule has 0 bridgehead atoms. The van der Waals surface area contributed by atoms with E-state index in [9.17, 15) is 4.79 Å². The molecular weight excluding hydrogens is 254 g/mol. The highest BCUT2D eigenvalue weighted by molar-refractivity contribution is 6.29. The minimum absolute atomic E-state index is 0.244. The molecule has 0 atom stereocenters. The standard InChI is InChI=1S/C12H12ClN3O2/c1-2-4-15-11(17)9-7-18-12(16-9)8-3-5-14-10(13)6-8/h3,5-7H,2,4H2,1H3,(H,15,17). The zero-order chi connectivity index (χ0) is 13.0. The highest BCUT2D eigenvalue weighted by Gasteiger charge is 2.12. The molecule has 0 saturated heterocycles. The molecule has 94 valence electrons. The van der Waals surface area contributed by atoms with Crippen molar-refractivity contribution >= 4 is 17.5 Å². The molecular formula is C12H12ClN3O2. The largest absolute Gasteiger partial charge is 0.444 e. The summed E-state index contributed by atoms with van der Waals surface area (Å²) < 4.78 is 5.25.